The Morgan fingerprint density at radius 3 is 2.62 bits per heavy atom. The van der Waals surface area contributed by atoms with Gasteiger partial charge in [-0.05, 0) is 31.2 Å². The molecule has 84 valence electrons. The van der Waals surface area contributed by atoms with Gasteiger partial charge in [0.15, 0.2) is 0 Å². The largest absolute Gasteiger partial charge is 0.322 e. The van der Waals surface area contributed by atoms with Crippen LogP contribution in [0.25, 0.3) is 0 Å². The van der Waals surface area contributed by atoms with Crippen LogP contribution in [0.5, 0.6) is 0 Å². The van der Waals surface area contributed by atoms with Crippen LogP contribution in [0.3, 0.4) is 0 Å². The van der Waals surface area contributed by atoms with E-state index in [2.05, 4.69) is 11.2 Å². The number of hydrogen-bond donors (Lipinski definition) is 1. The Morgan fingerprint density at radius 2 is 2.12 bits per heavy atom. The number of benzene rings is 1. The number of carbonyl (C=O) groups is 1. The summed E-state index contributed by atoms with van der Waals surface area (Å²) in [6, 6.07) is 6.71. The van der Waals surface area contributed by atoms with Crippen LogP contribution in [-0.4, -0.2) is 24.0 Å². The summed E-state index contributed by atoms with van der Waals surface area (Å²) in [7, 11) is 0. The molecule has 1 aromatic rings. The molecule has 0 spiro atoms. The second-order valence-electron chi connectivity index (χ2n) is 3.16. The standard InChI is InChI=1S/C12H13ClN2O/c1-3-9-15(4-2)12(16)14-11-7-5-10(13)6-8-11/h1,5-8H,4,9H2,2H3,(H,14,16). The van der Waals surface area contributed by atoms with Crippen molar-refractivity contribution >= 4 is 23.3 Å². The van der Waals surface area contributed by atoms with Crippen molar-refractivity contribution in [2.75, 3.05) is 18.4 Å². The molecule has 4 heteroatoms. The highest BCUT2D eigenvalue weighted by molar-refractivity contribution is 6.30. The first-order chi connectivity index (χ1) is 7.67. The van der Waals surface area contributed by atoms with Gasteiger partial charge in [0, 0.05) is 17.3 Å². The minimum atomic E-state index is -0.206. The summed E-state index contributed by atoms with van der Waals surface area (Å²) in [5.41, 5.74) is 0.699. The van der Waals surface area contributed by atoms with E-state index in [1.54, 1.807) is 24.3 Å². The fourth-order valence-electron chi connectivity index (χ4n) is 1.17. The number of carbonyl (C=O) groups excluding carboxylic acids is 1. The van der Waals surface area contributed by atoms with Crippen molar-refractivity contribution in [1.82, 2.24) is 4.90 Å². The van der Waals surface area contributed by atoms with Gasteiger partial charge in [0.1, 0.15) is 0 Å². The molecule has 0 saturated carbocycles. The molecule has 0 unspecified atom stereocenters. The Hall–Kier alpha value is -1.66. The van der Waals surface area contributed by atoms with Crippen molar-refractivity contribution in [3.63, 3.8) is 0 Å². The molecule has 1 N–H and O–H groups in total. The van der Waals surface area contributed by atoms with Crippen molar-refractivity contribution in [2.24, 2.45) is 0 Å². The average Bonchev–Trinajstić information content (AvgIpc) is 2.29. The zero-order valence-electron chi connectivity index (χ0n) is 9.03. The molecule has 0 radical (unpaired) electrons. The molecule has 3 nitrogen and oxygen atoms in total. The van der Waals surface area contributed by atoms with Crippen molar-refractivity contribution in [2.45, 2.75) is 6.92 Å². The van der Waals surface area contributed by atoms with E-state index < -0.39 is 0 Å². The SMILES string of the molecule is C#CCN(CC)C(=O)Nc1ccc(Cl)cc1. The first kappa shape index (κ1) is 12.4. The number of rotatable bonds is 3. The van der Waals surface area contributed by atoms with Crippen LogP contribution in [0.1, 0.15) is 6.92 Å². The third kappa shape index (κ3) is 3.48. The number of nitrogens with zero attached hydrogens (tertiary/aromatic N) is 1. The first-order valence-electron chi connectivity index (χ1n) is 4.92. The Kier molecular flexibility index (Phi) is 4.68. The van der Waals surface area contributed by atoms with Crippen LogP contribution < -0.4 is 5.32 Å². The first-order valence-corrected chi connectivity index (χ1v) is 5.30. The van der Waals surface area contributed by atoms with Crippen molar-refractivity contribution in [1.29, 1.82) is 0 Å². The van der Waals surface area contributed by atoms with Crippen molar-refractivity contribution in [3.8, 4) is 12.3 Å². The molecule has 0 saturated heterocycles. The lowest BCUT2D eigenvalue weighted by Gasteiger charge is -2.18. The minimum Gasteiger partial charge on any atom is -0.314 e. The number of terminal acetylenes is 1. The van der Waals surface area contributed by atoms with E-state index in [0.29, 0.717) is 23.8 Å². The van der Waals surface area contributed by atoms with Gasteiger partial charge < -0.3 is 10.2 Å². The third-order valence-electron chi connectivity index (χ3n) is 2.05. The molecule has 1 aromatic carbocycles. The summed E-state index contributed by atoms with van der Waals surface area (Å²) in [5.74, 6) is 2.44. The highest BCUT2D eigenvalue weighted by atomic mass is 35.5. The molecule has 0 aliphatic heterocycles. The molecule has 0 aliphatic rings. The average molecular weight is 237 g/mol. The second kappa shape index (κ2) is 6.04. The number of hydrogen-bond acceptors (Lipinski definition) is 1. The summed E-state index contributed by atoms with van der Waals surface area (Å²) in [6.07, 6.45) is 5.17. The van der Waals surface area contributed by atoms with E-state index in [1.165, 1.54) is 4.90 Å². The Bertz CT molecular complexity index is 394. The van der Waals surface area contributed by atoms with E-state index >= 15 is 0 Å². The summed E-state index contributed by atoms with van der Waals surface area (Å²) >= 11 is 5.74. The van der Waals surface area contributed by atoms with Crippen LogP contribution in [0, 0.1) is 12.3 Å². The van der Waals surface area contributed by atoms with Gasteiger partial charge in [0.05, 0.1) is 6.54 Å². The predicted octanol–water partition coefficient (Wildman–Crippen LogP) is 2.83. The van der Waals surface area contributed by atoms with Crippen LogP contribution in [-0.2, 0) is 0 Å². The highest BCUT2D eigenvalue weighted by Gasteiger charge is 2.09. The summed E-state index contributed by atoms with van der Waals surface area (Å²) in [5, 5.41) is 3.37. The summed E-state index contributed by atoms with van der Waals surface area (Å²) in [4.78, 5) is 13.2. The van der Waals surface area contributed by atoms with Crippen molar-refractivity contribution in [3.05, 3.63) is 29.3 Å². The summed E-state index contributed by atoms with van der Waals surface area (Å²) in [6.45, 7) is 2.75. The van der Waals surface area contributed by atoms with Crippen LogP contribution in [0.2, 0.25) is 5.02 Å². The number of amides is 2. The van der Waals surface area contributed by atoms with Crippen LogP contribution in [0.4, 0.5) is 10.5 Å². The van der Waals surface area contributed by atoms with Gasteiger partial charge in [-0.2, -0.15) is 0 Å². The summed E-state index contributed by atoms with van der Waals surface area (Å²) < 4.78 is 0. The van der Waals surface area contributed by atoms with Crippen LogP contribution in [0.15, 0.2) is 24.3 Å². The number of halogens is 1. The quantitative estimate of drug-likeness (QED) is 0.805. The van der Waals surface area contributed by atoms with Gasteiger partial charge in [-0.15, -0.1) is 6.42 Å². The lowest BCUT2D eigenvalue weighted by molar-refractivity contribution is 0.220. The molecule has 2 amide bonds. The molecular weight excluding hydrogens is 224 g/mol. The maximum Gasteiger partial charge on any atom is 0.322 e. The van der Waals surface area contributed by atoms with E-state index in [9.17, 15) is 4.79 Å². The van der Waals surface area contributed by atoms with Gasteiger partial charge in [-0.3, -0.25) is 0 Å². The fourth-order valence-corrected chi connectivity index (χ4v) is 1.30. The molecule has 16 heavy (non-hydrogen) atoms. The molecule has 0 atom stereocenters. The molecule has 0 fully saturated rings. The van der Waals surface area contributed by atoms with E-state index in [1.807, 2.05) is 6.92 Å². The number of anilines is 1. The normalized spacial score (nSPS) is 9.31. The van der Waals surface area contributed by atoms with Gasteiger partial charge in [-0.1, -0.05) is 17.5 Å². The molecule has 0 aliphatic carbocycles. The van der Waals surface area contributed by atoms with Gasteiger partial charge in [0.2, 0.25) is 0 Å². The Balaban J connectivity index is 2.63. The molecule has 0 bridgehead atoms. The van der Waals surface area contributed by atoms with E-state index in [-0.39, 0.29) is 6.03 Å². The lowest BCUT2D eigenvalue weighted by atomic mass is 10.3. The molecule has 1 rings (SSSR count). The van der Waals surface area contributed by atoms with E-state index in [0.717, 1.165) is 0 Å². The third-order valence-corrected chi connectivity index (χ3v) is 2.30. The fraction of sp³-hybridized carbons (Fsp3) is 0.250. The van der Waals surface area contributed by atoms with Gasteiger partial charge >= 0.3 is 6.03 Å². The topological polar surface area (TPSA) is 32.3 Å². The second-order valence-corrected chi connectivity index (χ2v) is 3.59. The number of urea groups is 1. The molecule has 0 heterocycles. The number of nitrogens with one attached hydrogen (secondary N) is 1. The highest BCUT2D eigenvalue weighted by Crippen LogP contribution is 2.13. The minimum absolute atomic E-state index is 0.206. The maximum absolute atomic E-state index is 11.7. The lowest BCUT2D eigenvalue weighted by Crippen LogP contribution is -2.34. The zero-order valence-corrected chi connectivity index (χ0v) is 9.79. The Labute approximate surface area is 100 Å². The van der Waals surface area contributed by atoms with Crippen LogP contribution >= 0.6 is 11.6 Å². The van der Waals surface area contributed by atoms with Gasteiger partial charge in [-0.25, -0.2) is 4.79 Å². The Morgan fingerprint density at radius 1 is 1.50 bits per heavy atom. The smallest absolute Gasteiger partial charge is 0.314 e. The van der Waals surface area contributed by atoms with Gasteiger partial charge in [0.25, 0.3) is 0 Å². The monoisotopic (exact) mass is 236 g/mol. The molecular formula is C12H13ClN2O. The molecule has 0 aromatic heterocycles. The predicted molar refractivity (Wildman–Crippen MR) is 66.6 cm³/mol. The zero-order chi connectivity index (χ0) is 12.0. The maximum atomic E-state index is 11.7. The van der Waals surface area contributed by atoms with E-state index in [4.69, 9.17) is 18.0 Å². The van der Waals surface area contributed by atoms with Crippen molar-refractivity contribution < 1.29 is 4.79 Å².